The van der Waals surface area contributed by atoms with Crippen LogP contribution >= 0.6 is 0 Å². The SMILES string of the molecule is Cc1cccc2c(=O)n(CC(=O)NNC(=O)c3ccc4ccccc4n3)cnc12. The Morgan fingerprint density at radius 3 is 2.69 bits per heavy atom. The molecule has 29 heavy (non-hydrogen) atoms. The van der Waals surface area contributed by atoms with Crippen LogP contribution in [0, 0.1) is 6.92 Å². The average Bonchev–Trinajstić information content (AvgIpc) is 2.74. The van der Waals surface area contributed by atoms with Gasteiger partial charge in [0.15, 0.2) is 0 Å². The molecule has 2 amide bonds. The summed E-state index contributed by atoms with van der Waals surface area (Å²) >= 11 is 0. The number of para-hydroxylation sites is 2. The predicted molar refractivity (Wildman–Crippen MR) is 108 cm³/mol. The minimum absolute atomic E-state index is 0.170. The molecular weight excluding hydrogens is 370 g/mol. The molecule has 0 saturated carbocycles. The number of nitrogens with zero attached hydrogens (tertiary/aromatic N) is 3. The molecule has 2 N–H and O–H groups in total. The van der Waals surface area contributed by atoms with Gasteiger partial charge in [-0.25, -0.2) is 9.97 Å². The van der Waals surface area contributed by atoms with E-state index >= 15 is 0 Å². The van der Waals surface area contributed by atoms with Gasteiger partial charge in [0.25, 0.3) is 17.4 Å². The largest absolute Gasteiger partial charge is 0.289 e. The lowest BCUT2D eigenvalue weighted by Gasteiger charge is -2.10. The Morgan fingerprint density at radius 2 is 1.83 bits per heavy atom. The van der Waals surface area contributed by atoms with Gasteiger partial charge in [0, 0.05) is 5.39 Å². The first kappa shape index (κ1) is 18.3. The third-order valence-corrected chi connectivity index (χ3v) is 4.52. The van der Waals surface area contributed by atoms with Crippen LogP contribution in [-0.2, 0) is 11.3 Å². The summed E-state index contributed by atoms with van der Waals surface area (Å²) in [4.78, 5) is 45.5. The highest BCUT2D eigenvalue weighted by atomic mass is 16.2. The van der Waals surface area contributed by atoms with Crippen molar-refractivity contribution < 1.29 is 9.59 Å². The topological polar surface area (TPSA) is 106 Å². The second kappa shape index (κ2) is 7.51. The van der Waals surface area contributed by atoms with Gasteiger partial charge in [-0.2, -0.15) is 0 Å². The number of carbonyl (C=O) groups excluding carboxylic acids is 2. The van der Waals surface area contributed by atoms with Crippen molar-refractivity contribution in [3.05, 3.63) is 82.5 Å². The Morgan fingerprint density at radius 1 is 1.00 bits per heavy atom. The number of hydrazine groups is 1. The standard InChI is InChI=1S/C21H17N5O3/c1-13-5-4-7-15-19(13)22-12-26(21(15)29)11-18(27)24-25-20(28)17-10-9-14-6-2-3-8-16(14)23-17/h2-10,12H,11H2,1H3,(H,24,27)(H,25,28). The smallest absolute Gasteiger partial charge is 0.288 e. The van der Waals surface area contributed by atoms with E-state index in [-0.39, 0.29) is 17.8 Å². The fourth-order valence-corrected chi connectivity index (χ4v) is 3.03. The van der Waals surface area contributed by atoms with Gasteiger partial charge in [0.1, 0.15) is 12.2 Å². The maximum absolute atomic E-state index is 12.5. The quantitative estimate of drug-likeness (QED) is 0.521. The second-order valence-corrected chi connectivity index (χ2v) is 6.54. The highest BCUT2D eigenvalue weighted by molar-refractivity contribution is 5.95. The van der Waals surface area contributed by atoms with E-state index in [1.165, 1.54) is 10.9 Å². The Hall–Kier alpha value is -4.07. The van der Waals surface area contributed by atoms with E-state index in [1.54, 1.807) is 30.3 Å². The van der Waals surface area contributed by atoms with Gasteiger partial charge in [-0.1, -0.05) is 36.4 Å². The molecule has 0 radical (unpaired) electrons. The molecule has 2 aromatic heterocycles. The van der Waals surface area contributed by atoms with Gasteiger partial charge < -0.3 is 0 Å². The molecule has 0 fully saturated rings. The van der Waals surface area contributed by atoms with Gasteiger partial charge in [-0.15, -0.1) is 0 Å². The Kier molecular flexibility index (Phi) is 4.74. The number of amides is 2. The van der Waals surface area contributed by atoms with Crippen LogP contribution in [0.3, 0.4) is 0 Å². The molecule has 4 rings (SSSR count). The molecule has 0 aliphatic heterocycles. The van der Waals surface area contributed by atoms with Crippen molar-refractivity contribution in [3.8, 4) is 0 Å². The van der Waals surface area contributed by atoms with Crippen molar-refractivity contribution in [2.75, 3.05) is 0 Å². The first-order valence-corrected chi connectivity index (χ1v) is 8.93. The van der Waals surface area contributed by atoms with Crippen molar-refractivity contribution in [3.63, 3.8) is 0 Å². The van der Waals surface area contributed by atoms with E-state index in [0.717, 1.165) is 10.9 Å². The zero-order valence-corrected chi connectivity index (χ0v) is 15.5. The van der Waals surface area contributed by atoms with Gasteiger partial charge in [-0.05, 0) is 30.7 Å². The van der Waals surface area contributed by atoms with E-state index < -0.39 is 11.8 Å². The molecule has 8 heteroatoms. The maximum Gasteiger partial charge on any atom is 0.288 e. The van der Waals surface area contributed by atoms with E-state index in [2.05, 4.69) is 20.8 Å². The molecule has 0 spiro atoms. The van der Waals surface area contributed by atoms with Crippen molar-refractivity contribution in [2.24, 2.45) is 0 Å². The van der Waals surface area contributed by atoms with Gasteiger partial charge in [0.2, 0.25) is 0 Å². The highest BCUT2D eigenvalue weighted by Crippen LogP contribution is 2.12. The summed E-state index contributed by atoms with van der Waals surface area (Å²) in [5, 5.41) is 1.34. The Bertz CT molecular complexity index is 1310. The van der Waals surface area contributed by atoms with Crippen LogP contribution in [0.2, 0.25) is 0 Å². The normalized spacial score (nSPS) is 10.8. The number of aromatic nitrogens is 3. The number of pyridine rings is 1. The van der Waals surface area contributed by atoms with Gasteiger partial charge >= 0.3 is 0 Å². The number of nitrogens with one attached hydrogen (secondary N) is 2. The number of rotatable bonds is 3. The van der Waals surface area contributed by atoms with Crippen LogP contribution in [0.25, 0.3) is 21.8 Å². The number of hydrogen-bond donors (Lipinski definition) is 2. The molecule has 4 aromatic rings. The van der Waals surface area contributed by atoms with Crippen molar-refractivity contribution in [1.29, 1.82) is 0 Å². The molecule has 0 saturated heterocycles. The molecule has 0 atom stereocenters. The van der Waals surface area contributed by atoms with Crippen LogP contribution in [0.4, 0.5) is 0 Å². The molecule has 0 aliphatic rings. The maximum atomic E-state index is 12.5. The predicted octanol–water partition coefficient (Wildman–Crippen LogP) is 1.71. The van der Waals surface area contributed by atoms with Crippen LogP contribution in [0.5, 0.6) is 0 Å². The fourth-order valence-electron chi connectivity index (χ4n) is 3.03. The van der Waals surface area contributed by atoms with E-state index in [0.29, 0.717) is 16.4 Å². The third-order valence-electron chi connectivity index (χ3n) is 4.52. The lowest BCUT2D eigenvalue weighted by Crippen LogP contribution is -2.44. The van der Waals surface area contributed by atoms with Crippen molar-refractivity contribution in [2.45, 2.75) is 13.5 Å². The Labute approximate surface area is 165 Å². The monoisotopic (exact) mass is 387 g/mol. The summed E-state index contributed by atoms with van der Waals surface area (Å²) in [6.45, 7) is 1.59. The third kappa shape index (κ3) is 3.68. The second-order valence-electron chi connectivity index (χ2n) is 6.54. The van der Waals surface area contributed by atoms with Crippen molar-refractivity contribution >= 4 is 33.6 Å². The van der Waals surface area contributed by atoms with Crippen LogP contribution in [0.15, 0.2) is 65.7 Å². The highest BCUT2D eigenvalue weighted by Gasteiger charge is 2.12. The molecule has 8 nitrogen and oxygen atoms in total. The summed E-state index contributed by atoms with van der Waals surface area (Å²) in [6.07, 6.45) is 1.32. The minimum Gasteiger partial charge on any atom is -0.289 e. The van der Waals surface area contributed by atoms with Gasteiger partial charge in [-0.3, -0.25) is 29.8 Å². The number of aryl methyl sites for hydroxylation is 1. The lowest BCUT2D eigenvalue weighted by molar-refractivity contribution is -0.122. The van der Waals surface area contributed by atoms with E-state index in [4.69, 9.17) is 0 Å². The summed E-state index contributed by atoms with van der Waals surface area (Å²) < 4.78 is 1.19. The van der Waals surface area contributed by atoms with Crippen molar-refractivity contribution in [1.82, 2.24) is 25.4 Å². The number of fused-ring (bicyclic) bond motifs is 2. The first-order chi connectivity index (χ1) is 14.0. The number of carbonyl (C=O) groups is 2. The Balaban J connectivity index is 1.44. The zero-order chi connectivity index (χ0) is 20.4. The molecule has 0 unspecified atom stereocenters. The fraction of sp³-hybridized carbons (Fsp3) is 0.0952. The van der Waals surface area contributed by atoms with Gasteiger partial charge in [0.05, 0.1) is 22.7 Å². The molecule has 0 bridgehead atoms. The first-order valence-electron chi connectivity index (χ1n) is 8.93. The minimum atomic E-state index is -0.560. The van der Waals surface area contributed by atoms with Crippen LogP contribution < -0.4 is 16.4 Å². The molecule has 2 aromatic carbocycles. The summed E-state index contributed by atoms with van der Waals surface area (Å²) in [5.74, 6) is -1.11. The molecule has 144 valence electrons. The number of hydrogen-bond acceptors (Lipinski definition) is 5. The number of benzene rings is 2. The molecule has 2 heterocycles. The summed E-state index contributed by atoms with van der Waals surface area (Å²) in [6, 6.07) is 16.0. The summed E-state index contributed by atoms with van der Waals surface area (Å²) in [7, 11) is 0. The molecular formula is C21H17N5O3. The van der Waals surface area contributed by atoms with E-state index in [9.17, 15) is 14.4 Å². The van der Waals surface area contributed by atoms with E-state index in [1.807, 2.05) is 31.2 Å². The van der Waals surface area contributed by atoms with Crippen LogP contribution in [-0.4, -0.2) is 26.3 Å². The van der Waals surface area contributed by atoms with Crippen LogP contribution in [0.1, 0.15) is 16.1 Å². The molecule has 0 aliphatic carbocycles. The average molecular weight is 387 g/mol. The zero-order valence-electron chi connectivity index (χ0n) is 15.5. The lowest BCUT2D eigenvalue weighted by atomic mass is 10.1. The summed E-state index contributed by atoms with van der Waals surface area (Å²) in [5.41, 5.74) is 6.62.